The van der Waals surface area contributed by atoms with E-state index in [1.807, 2.05) is 18.2 Å². The topological polar surface area (TPSA) is 12.0 Å². The van der Waals surface area contributed by atoms with E-state index in [1.54, 1.807) is 0 Å². The third-order valence-electron chi connectivity index (χ3n) is 3.46. The number of hydrogen-bond donors (Lipinski definition) is 1. The molecule has 1 nitrogen and oxygen atoms in total. The molecule has 0 saturated heterocycles. The summed E-state index contributed by atoms with van der Waals surface area (Å²) in [4.78, 5) is 0. The Labute approximate surface area is 115 Å². The second kappa shape index (κ2) is 6.63. The summed E-state index contributed by atoms with van der Waals surface area (Å²) in [7, 11) is 0. The molecule has 1 aromatic rings. The predicted molar refractivity (Wildman–Crippen MR) is 76.9 cm³/mol. The van der Waals surface area contributed by atoms with E-state index in [1.165, 1.54) is 6.42 Å². The predicted octanol–water partition coefficient (Wildman–Crippen LogP) is 5.08. The lowest BCUT2D eigenvalue weighted by atomic mass is 9.99. The maximum atomic E-state index is 6.21. The molecule has 0 aliphatic rings. The van der Waals surface area contributed by atoms with E-state index >= 15 is 0 Å². The number of hydrogen-bond acceptors (Lipinski definition) is 1. The van der Waals surface area contributed by atoms with Gasteiger partial charge in [0.05, 0.1) is 10.0 Å². The van der Waals surface area contributed by atoms with Crippen LogP contribution in [-0.2, 0) is 0 Å². The SMILES string of the molecule is CCC(C)C(C)NC(C)c1cccc(Cl)c1Cl. The average Bonchev–Trinajstić information content (AvgIpc) is 2.31. The minimum absolute atomic E-state index is 0.213. The van der Waals surface area contributed by atoms with Crippen molar-refractivity contribution in [1.29, 1.82) is 0 Å². The zero-order chi connectivity index (χ0) is 13.0. The summed E-state index contributed by atoms with van der Waals surface area (Å²) in [6.07, 6.45) is 1.17. The molecule has 0 heterocycles. The lowest BCUT2D eigenvalue weighted by Gasteiger charge is -2.25. The fourth-order valence-corrected chi connectivity index (χ4v) is 2.33. The van der Waals surface area contributed by atoms with Gasteiger partial charge < -0.3 is 5.32 Å². The smallest absolute Gasteiger partial charge is 0.0639 e. The fourth-order valence-electron chi connectivity index (χ4n) is 1.86. The molecule has 3 unspecified atom stereocenters. The highest BCUT2D eigenvalue weighted by Gasteiger charge is 2.16. The standard InChI is InChI=1S/C14H21Cl2N/c1-5-9(2)10(3)17-11(4)12-7-6-8-13(15)14(12)16/h6-11,17H,5H2,1-4H3. The first-order valence-corrected chi connectivity index (χ1v) is 6.92. The van der Waals surface area contributed by atoms with E-state index in [0.29, 0.717) is 22.0 Å². The van der Waals surface area contributed by atoms with Crippen molar-refractivity contribution >= 4 is 23.2 Å². The fraction of sp³-hybridized carbons (Fsp3) is 0.571. The number of rotatable bonds is 5. The van der Waals surface area contributed by atoms with Crippen molar-refractivity contribution < 1.29 is 0 Å². The summed E-state index contributed by atoms with van der Waals surface area (Å²) in [5.74, 6) is 0.649. The van der Waals surface area contributed by atoms with Crippen molar-refractivity contribution in [3.8, 4) is 0 Å². The van der Waals surface area contributed by atoms with Gasteiger partial charge in [-0.05, 0) is 31.4 Å². The van der Waals surface area contributed by atoms with Crippen LogP contribution in [0.4, 0.5) is 0 Å². The lowest BCUT2D eigenvalue weighted by molar-refractivity contribution is 0.360. The Morgan fingerprint density at radius 2 is 1.82 bits per heavy atom. The third kappa shape index (κ3) is 3.87. The molecule has 0 bridgehead atoms. The Kier molecular flexibility index (Phi) is 5.78. The Balaban J connectivity index is 2.76. The molecule has 0 spiro atoms. The van der Waals surface area contributed by atoms with Crippen LogP contribution in [0.2, 0.25) is 10.0 Å². The molecule has 1 rings (SSSR count). The Bertz CT molecular complexity index is 365. The minimum Gasteiger partial charge on any atom is -0.307 e. The quantitative estimate of drug-likeness (QED) is 0.789. The summed E-state index contributed by atoms with van der Waals surface area (Å²) in [5, 5.41) is 4.85. The van der Waals surface area contributed by atoms with Gasteiger partial charge in [0.1, 0.15) is 0 Å². The van der Waals surface area contributed by atoms with Gasteiger partial charge in [-0.15, -0.1) is 0 Å². The van der Waals surface area contributed by atoms with Crippen molar-refractivity contribution in [2.45, 2.75) is 46.2 Å². The molecule has 0 fully saturated rings. The van der Waals surface area contributed by atoms with Gasteiger partial charge >= 0.3 is 0 Å². The van der Waals surface area contributed by atoms with Crippen LogP contribution in [0.5, 0.6) is 0 Å². The van der Waals surface area contributed by atoms with Gasteiger partial charge in [0.2, 0.25) is 0 Å². The second-order valence-corrected chi connectivity index (χ2v) is 5.49. The van der Waals surface area contributed by atoms with Gasteiger partial charge in [0.15, 0.2) is 0 Å². The van der Waals surface area contributed by atoms with Crippen molar-refractivity contribution in [3.05, 3.63) is 33.8 Å². The molecule has 0 aromatic heterocycles. The van der Waals surface area contributed by atoms with E-state index in [4.69, 9.17) is 23.2 Å². The molecule has 1 aromatic carbocycles. The van der Waals surface area contributed by atoms with Crippen molar-refractivity contribution in [2.75, 3.05) is 0 Å². The Morgan fingerprint density at radius 3 is 2.41 bits per heavy atom. The third-order valence-corrected chi connectivity index (χ3v) is 4.29. The monoisotopic (exact) mass is 273 g/mol. The van der Waals surface area contributed by atoms with Crippen molar-refractivity contribution in [3.63, 3.8) is 0 Å². The van der Waals surface area contributed by atoms with Crippen molar-refractivity contribution in [1.82, 2.24) is 5.32 Å². The van der Waals surface area contributed by atoms with Crippen LogP contribution in [0.3, 0.4) is 0 Å². The number of halogens is 2. The van der Waals surface area contributed by atoms with Gasteiger partial charge in [0.25, 0.3) is 0 Å². The highest BCUT2D eigenvalue weighted by molar-refractivity contribution is 6.42. The van der Waals surface area contributed by atoms with Gasteiger partial charge in [-0.2, -0.15) is 0 Å². The molecule has 96 valence electrons. The van der Waals surface area contributed by atoms with Crippen LogP contribution < -0.4 is 5.32 Å². The van der Waals surface area contributed by atoms with Gasteiger partial charge in [-0.25, -0.2) is 0 Å². The molecule has 3 atom stereocenters. The normalized spacial score (nSPS) is 16.6. The van der Waals surface area contributed by atoms with Gasteiger partial charge in [0, 0.05) is 12.1 Å². The van der Waals surface area contributed by atoms with E-state index in [9.17, 15) is 0 Å². The highest BCUT2D eigenvalue weighted by Crippen LogP contribution is 2.30. The molecule has 17 heavy (non-hydrogen) atoms. The van der Waals surface area contributed by atoms with E-state index < -0.39 is 0 Å². The first kappa shape index (κ1) is 14.8. The zero-order valence-electron chi connectivity index (χ0n) is 10.9. The average molecular weight is 274 g/mol. The summed E-state index contributed by atoms with van der Waals surface area (Å²) < 4.78 is 0. The van der Waals surface area contributed by atoms with Crippen LogP contribution in [0.25, 0.3) is 0 Å². The Hall–Kier alpha value is -0.240. The lowest BCUT2D eigenvalue weighted by Crippen LogP contribution is -2.34. The van der Waals surface area contributed by atoms with Crippen molar-refractivity contribution in [2.24, 2.45) is 5.92 Å². The molecule has 0 aliphatic carbocycles. The summed E-state index contributed by atoms with van der Waals surface area (Å²) in [6, 6.07) is 6.46. The molecular weight excluding hydrogens is 253 g/mol. The van der Waals surface area contributed by atoms with Crippen LogP contribution in [0, 0.1) is 5.92 Å². The van der Waals surface area contributed by atoms with Crippen LogP contribution >= 0.6 is 23.2 Å². The van der Waals surface area contributed by atoms with Crippen LogP contribution in [-0.4, -0.2) is 6.04 Å². The van der Waals surface area contributed by atoms with E-state index in [0.717, 1.165) is 5.56 Å². The Morgan fingerprint density at radius 1 is 1.18 bits per heavy atom. The van der Waals surface area contributed by atoms with E-state index in [-0.39, 0.29) is 6.04 Å². The van der Waals surface area contributed by atoms with Crippen LogP contribution in [0.15, 0.2) is 18.2 Å². The summed E-state index contributed by atoms with van der Waals surface area (Å²) >= 11 is 12.2. The molecule has 0 radical (unpaired) electrons. The first-order valence-electron chi connectivity index (χ1n) is 6.17. The number of benzene rings is 1. The highest BCUT2D eigenvalue weighted by atomic mass is 35.5. The second-order valence-electron chi connectivity index (χ2n) is 4.71. The largest absolute Gasteiger partial charge is 0.307 e. The first-order chi connectivity index (χ1) is 7.97. The summed E-state index contributed by atoms with van der Waals surface area (Å²) in [6.45, 7) is 8.80. The van der Waals surface area contributed by atoms with Gasteiger partial charge in [-0.1, -0.05) is 55.6 Å². The molecule has 0 aliphatic heterocycles. The maximum absolute atomic E-state index is 6.21. The molecule has 1 N–H and O–H groups in total. The summed E-state index contributed by atoms with van der Waals surface area (Å²) in [5.41, 5.74) is 1.06. The minimum atomic E-state index is 0.213. The van der Waals surface area contributed by atoms with Crippen LogP contribution in [0.1, 0.15) is 45.7 Å². The van der Waals surface area contributed by atoms with E-state index in [2.05, 4.69) is 33.0 Å². The van der Waals surface area contributed by atoms with Gasteiger partial charge in [-0.3, -0.25) is 0 Å². The molecule has 0 amide bonds. The zero-order valence-corrected chi connectivity index (χ0v) is 12.4. The number of nitrogens with one attached hydrogen (secondary N) is 1. The maximum Gasteiger partial charge on any atom is 0.0639 e. The molecular formula is C14H21Cl2N. The molecule has 0 saturated carbocycles. The molecule has 3 heteroatoms.